The third-order valence-electron chi connectivity index (χ3n) is 4.04. The SMILES string of the molecule is CCCn1ncc(C(=O)N2CCN(c3ncn[nH]3)CC2)c1C. The van der Waals surface area contributed by atoms with Gasteiger partial charge in [0, 0.05) is 38.4 Å². The second-order valence-electron chi connectivity index (χ2n) is 5.46. The summed E-state index contributed by atoms with van der Waals surface area (Å²) in [6.07, 6.45) is 4.19. The van der Waals surface area contributed by atoms with Gasteiger partial charge in [-0.2, -0.15) is 15.2 Å². The Bertz CT molecular complexity index is 626. The molecule has 8 heteroatoms. The molecule has 2 aromatic heterocycles. The number of hydrogen-bond acceptors (Lipinski definition) is 5. The van der Waals surface area contributed by atoms with Gasteiger partial charge in [-0.05, 0) is 13.3 Å². The van der Waals surface area contributed by atoms with Gasteiger partial charge in [0.25, 0.3) is 5.91 Å². The first-order valence-electron chi connectivity index (χ1n) is 7.62. The molecule has 2 aromatic rings. The fourth-order valence-corrected chi connectivity index (χ4v) is 2.74. The number of carbonyl (C=O) groups excluding carboxylic acids is 1. The van der Waals surface area contributed by atoms with E-state index in [1.165, 1.54) is 6.33 Å². The van der Waals surface area contributed by atoms with Gasteiger partial charge in [-0.1, -0.05) is 6.92 Å². The van der Waals surface area contributed by atoms with E-state index in [2.05, 4.69) is 32.1 Å². The second kappa shape index (κ2) is 6.17. The zero-order valence-corrected chi connectivity index (χ0v) is 13.0. The summed E-state index contributed by atoms with van der Waals surface area (Å²) >= 11 is 0. The highest BCUT2D eigenvalue weighted by Gasteiger charge is 2.25. The number of nitrogens with zero attached hydrogens (tertiary/aromatic N) is 6. The molecule has 0 unspecified atom stereocenters. The number of piperazine rings is 1. The summed E-state index contributed by atoms with van der Waals surface area (Å²) in [7, 11) is 0. The average Bonchev–Trinajstić information content (AvgIpc) is 3.18. The summed E-state index contributed by atoms with van der Waals surface area (Å²) in [5, 5.41) is 11.0. The summed E-state index contributed by atoms with van der Waals surface area (Å²) in [5.74, 6) is 0.830. The molecular weight excluding hydrogens is 282 g/mol. The molecule has 0 radical (unpaired) electrons. The van der Waals surface area contributed by atoms with Crippen LogP contribution in [0.2, 0.25) is 0 Å². The van der Waals surface area contributed by atoms with Gasteiger partial charge < -0.3 is 9.80 Å². The molecule has 0 atom stereocenters. The van der Waals surface area contributed by atoms with Gasteiger partial charge in [-0.15, -0.1) is 0 Å². The van der Waals surface area contributed by atoms with Crippen molar-refractivity contribution < 1.29 is 4.79 Å². The van der Waals surface area contributed by atoms with Crippen molar-refractivity contribution in [2.75, 3.05) is 31.1 Å². The van der Waals surface area contributed by atoms with E-state index in [4.69, 9.17) is 0 Å². The van der Waals surface area contributed by atoms with Gasteiger partial charge in [0.2, 0.25) is 5.95 Å². The monoisotopic (exact) mass is 303 g/mol. The first-order chi connectivity index (χ1) is 10.7. The standard InChI is InChI=1S/C14H21N7O/c1-3-4-21-11(2)12(9-17-21)13(22)19-5-7-20(8-6-19)14-15-10-16-18-14/h9-10H,3-8H2,1-2H3,(H,15,16,18). The molecule has 8 nitrogen and oxygen atoms in total. The van der Waals surface area contributed by atoms with E-state index in [0.29, 0.717) is 18.7 Å². The maximum atomic E-state index is 12.6. The van der Waals surface area contributed by atoms with Crippen molar-refractivity contribution in [1.82, 2.24) is 29.9 Å². The van der Waals surface area contributed by atoms with E-state index in [1.54, 1.807) is 6.20 Å². The predicted molar refractivity (Wildman–Crippen MR) is 81.8 cm³/mol. The molecule has 22 heavy (non-hydrogen) atoms. The van der Waals surface area contributed by atoms with Crippen LogP contribution >= 0.6 is 0 Å². The Kier molecular flexibility index (Phi) is 4.08. The minimum absolute atomic E-state index is 0.0667. The van der Waals surface area contributed by atoms with E-state index in [9.17, 15) is 4.79 Å². The van der Waals surface area contributed by atoms with Crippen molar-refractivity contribution in [2.24, 2.45) is 0 Å². The molecule has 0 saturated carbocycles. The molecule has 1 fully saturated rings. The molecule has 3 rings (SSSR count). The van der Waals surface area contributed by atoms with Gasteiger partial charge in [0.15, 0.2) is 0 Å². The van der Waals surface area contributed by atoms with Gasteiger partial charge in [-0.25, -0.2) is 5.10 Å². The molecule has 3 heterocycles. The molecule has 0 aliphatic carbocycles. The summed E-state index contributed by atoms with van der Waals surface area (Å²) in [6.45, 7) is 7.77. The Morgan fingerprint density at radius 1 is 1.32 bits per heavy atom. The molecule has 118 valence electrons. The third-order valence-corrected chi connectivity index (χ3v) is 4.04. The highest BCUT2D eigenvalue weighted by atomic mass is 16.2. The number of aryl methyl sites for hydroxylation is 1. The lowest BCUT2D eigenvalue weighted by Crippen LogP contribution is -2.49. The summed E-state index contributed by atoms with van der Waals surface area (Å²) < 4.78 is 1.90. The molecule has 0 spiro atoms. The second-order valence-corrected chi connectivity index (χ2v) is 5.46. The lowest BCUT2D eigenvalue weighted by molar-refractivity contribution is 0.0745. The van der Waals surface area contributed by atoms with Crippen LogP contribution in [-0.2, 0) is 6.54 Å². The van der Waals surface area contributed by atoms with E-state index >= 15 is 0 Å². The lowest BCUT2D eigenvalue weighted by Gasteiger charge is -2.34. The number of hydrogen-bond donors (Lipinski definition) is 1. The fourth-order valence-electron chi connectivity index (χ4n) is 2.74. The average molecular weight is 303 g/mol. The van der Waals surface area contributed by atoms with Crippen LogP contribution in [0.25, 0.3) is 0 Å². The zero-order chi connectivity index (χ0) is 15.5. The Labute approximate surface area is 129 Å². The molecule has 1 aliphatic heterocycles. The highest BCUT2D eigenvalue weighted by Crippen LogP contribution is 2.15. The topological polar surface area (TPSA) is 82.9 Å². The molecular formula is C14H21N7O. The highest BCUT2D eigenvalue weighted by molar-refractivity contribution is 5.95. The smallest absolute Gasteiger partial charge is 0.257 e. The van der Waals surface area contributed by atoms with Gasteiger partial charge >= 0.3 is 0 Å². The number of amides is 1. The Hall–Kier alpha value is -2.38. The van der Waals surface area contributed by atoms with Crippen molar-refractivity contribution in [3.63, 3.8) is 0 Å². The van der Waals surface area contributed by atoms with Crippen LogP contribution in [0, 0.1) is 6.92 Å². The van der Waals surface area contributed by atoms with Crippen LogP contribution in [0.5, 0.6) is 0 Å². The first kappa shape index (κ1) is 14.6. The Balaban J connectivity index is 1.65. The molecule has 1 N–H and O–H groups in total. The van der Waals surface area contributed by atoms with Crippen molar-refractivity contribution in [3.05, 3.63) is 23.8 Å². The molecule has 1 aliphatic rings. The van der Waals surface area contributed by atoms with Crippen LogP contribution in [-0.4, -0.2) is 61.9 Å². The number of anilines is 1. The van der Waals surface area contributed by atoms with Crippen LogP contribution in [0.1, 0.15) is 29.4 Å². The van der Waals surface area contributed by atoms with Crippen LogP contribution < -0.4 is 4.90 Å². The Morgan fingerprint density at radius 2 is 2.09 bits per heavy atom. The summed E-state index contributed by atoms with van der Waals surface area (Å²) in [4.78, 5) is 20.8. The van der Waals surface area contributed by atoms with E-state index in [1.807, 2.05) is 16.5 Å². The Morgan fingerprint density at radius 3 is 2.73 bits per heavy atom. The number of H-pyrrole nitrogens is 1. The van der Waals surface area contributed by atoms with E-state index in [-0.39, 0.29) is 5.91 Å². The van der Waals surface area contributed by atoms with E-state index in [0.717, 1.165) is 37.7 Å². The van der Waals surface area contributed by atoms with Crippen LogP contribution in [0.3, 0.4) is 0 Å². The molecule has 0 bridgehead atoms. The van der Waals surface area contributed by atoms with Crippen molar-refractivity contribution >= 4 is 11.9 Å². The normalized spacial score (nSPS) is 15.4. The molecule has 1 saturated heterocycles. The molecule has 0 aromatic carbocycles. The first-order valence-corrected chi connectivity index (χ1v) is 7.62. The van der Waals surface area contributed by atoms with Gasteiger partial charge in [-0.3, -0.25) is 9.48 Å². The van der Waals surface area contributed by atoms with Crippen molar-refractivity contribution in [3.8, 4) is 0 Å². The summed E-state index contributed by atoms with van der Waals surface area (Å²) in [6, 6.07) is 0. The largest absolute Gasteiger partial charge is 0.338 e. The number of rotatable bonds is 4. The van der Waals surface area contributed by atoms with Crippen LogP contribution in [0.4, 0.5) is 5.95 Å². The van der Waals surface area contributed by atoms with Crippen molar-refractivity contribution in [2.45, 2.75) is 26.8 Å². The maximum absolute atomic E-state index is 12.6. The number of aromatic amines is 1. The van der Waals surface area contributed by atoms with Gasteiger partial charge in [0.05, 0.1) is 11.8 Å². The fraction of sp³-hybridized carbons (Fsp3) is 0.571. The predicted octanol–water partition coefficient (Wildman–Crippen LogP) is 0.682. The third kappa shape index (κ3) is 2.68. The minimum atomic E-state index is 0.0667. The quantitative estimate of drug-likeness (QED) is 0.898. The number of nitrogens with one attached hydrogen (secondary N) is 1. The zero-order valence-electron chi connectivity index (χ0n) is 13.0. The summed E-state index contributed by atoms with van der Waals surface area (Å²) in [5.41, 5.74) is 1.66. The molecule has 1 amide bonds. The van der Waals surface area contributed by atoms with Crippen molar-refractivity contribution in [1.29, 1.82) is 0 Å². The van der Waals surface area contributed by atoms with Gasteiger partial charge in [0.1, 0.15) is 6.33 Å². The maximum Gasteiger partial charge on any atom is 0.257 e. The van der Waals surface area contributed by atoms with Crippen LogP contribution in [0.15, 0.2) is 12.5 Å². The minimum Gasteiger partial charge on any atom is -0.338 e. The lowest BCUT2D eigenvalue weighted by atomic mass is 10.2. The number of carbonyl (C=O) groups is 1. The van der Waals surface area contributed by atoms with E-state index < -0.39 is 0 Å². The number of aromatic nitrogens is 5.